The van der Waals surface area contributed by atoms with Crippen LogP contribution in [0.5, 0.6) is 0 Å². The van der Waals surface area contributed by atoms with E-state index in [1.54, 1.807) is 0 Å². The molecule has 0 saturated heterocycles. The van der Waals surface area contributed by atoms with E-state index in [1.807, 2.05) is 0 Å². The molecule has 18 heavy (non-hydrogen) atoms. The zero-order chi connectivity index (χ0) is 12.9. The molecule has 0 radical (unpaired) electrons. The number of hydrogen-bond acceptors (Lipinski definition) is 2. The summed E-state index contributed by atoms with van der Waals surface area (Å²) >= 11 is 0. The molecule has 1 atom stereocenters. The maximum atomic E-state index is 13.2. The number of fused-ring (bicyclic) bond motifs is 1. The number of aromatic nitrogens is 3. The molecule has 2 aromatic rings. The van der Waals surface area contributed by atoms with Gasteiger partial charge in [0.15, 0.2) is 17.5 Å². The second-order valence-corrected chi connectivity index (χ2v) is 4.17. The molecule has 3 rings (SSSR count). The smallest absolute Gasteiger partial charge is 0.271 e. The van der Waals surface area contributed by atoms with Crippen LogP contribution in [0.1, 0.15) is 23.9 Å². The van der Waals surface area contributed by atoms with Gasteiger partial charge in [-0.15, -0.1) is 0 Å². The van der Waals surface area contributed by atoms with Crippen molar-refractivity contribution in [3.05, 3.63) is 51.5 Å². The molecule has 1 aliphatic rings. The molecule has 1 unspecified atom stereocenters. The monoisotopic (exact) mass is 255 g/mol. The van der Waals surface area contributed by atoms with Crippen molar-refractivity contribution in [1.82, 2.24) is 14.8 Å². The molecule has 0 fully saturated rings. The maximum absolute atomic E-state index is 13.2. The minimum Gasteiger partial charge on any atom is -0.271 e. The van der Waals surface area contributed by atoms with Gasteiger partial charge in [0.1, 0.15) is 5.82 Å². The standard InChI is InChI=1S/C11H8F3N3O/c12-6-3-5(4-7(13)10(6)14)8-1-2-9-15-16-11(18)17(8)9/h3-4,8H,1-2H2,(H,16,18). The number of H-pyrrole nitrogens is 1. The van der Waals surface area contributed by atoms with Gasteiger partial charge in [-0.3, -0.25) is 4.57 Å². The lowest BCUT2D eigenvalue weighted by Crippen LogP contribution is -2.21. The van der Waals surface area contributed by atoms with Gasteiger partial charge in [0.25, 0.3) is 0 Å². The number of rotatable bonds is 1. The fourth-order valence-electron chi connectivity index (χ4n) is 2.31. The van der Waals surface area contributed by atoms with Crippen molar-refractivity contribution in [1.29, 1.82) is 0 Å². The Kier molecular flexibility index (Phi) is 2.29. The van der Waals surface area contributed by atoms with Crippen LogP contribution in [0.4, 0.5) is 13.2 Å². The van der Waals surface area contributed by atoms with Gasteiger partial charge in [0, 0.05) is 6.42 Å². The summed E-state index contributed by atoms with van der Waals surface area (Å²) in [7, 11) is 0. The molecular formula is C11H8F3N3O. The lowest BCUT2D eigenvalue weighted by atomic mass is 10.0. The second kappa shape index (κ2) is 3.72. The maximum Gasteiger partial charge on any atom is 0.343 e. The van der Waals surface area contributed by atoms with E-state index in [2.05, 4.69) is 10.2 Å². The Labute approximate surface area is 99.1 Å². The van der Waals surface area contributed by atoms with Crippen molar-refractivity contribution in [3.63, 3.8) is 0 Å². The third-order valence-electron chi connectivity index (χ3n) is 3.12. The SMILES string of the molecule is O=c1[nH]nc2n1C(c1cc(F)c(F)c(F)c1)CC2. The summed E-state index contributed by atoms with van der Waals surface area (Å²) in [4.78, 5) is 11.5. The average molecular weight is 255 g/mol. The highest BCUT2D eigenvalue weighted by atomic mass is 19.2. The summed E-state index contributed by atoms with van der Waals surface area (Å²) in [5, 5.41) is 6.07. The van der Waals surface area contributed by atoms with Crippen molar-refractivity contribution < 1.29 is 13.2 Å². The van der Waals surface area contributed by atoms with E-state index in [0.29, 0.717) is 18.7 Å². The first-order valence-corrected chi connectivity index (χ1v) is 5.38. The van der Waals surface area contributed by atoms with Crippen LogP contribution in [0.3, 0.4) is 0 Å². The molecule has 1 N–H and O–H groups in total. The summed E-state index contributed by atoms with van der Waals surface area (Å²) in [5.74, 6) is -3.48. The zero-order valence-electron chi connectivity index (χ0n) is 9.08. The summed E-state index contributed by atoms with van der Waals surface area (Å²) < 4.78 is 40.6. The topological polar surface area (TPSA) is 50.7 Å². The van der Waals surface area contributed by atoms with Crippen LogP contribution in [0.2, 0.25) is 0 Å². The van der Waals surface area contributed by atoms with Crippen LogP contribution in [0.25, 0.3) is 0 Å². The van der Waals surface area contributed by atoms with E-state index in [9.17, 15) is 18.0 Å². The molecule has 0 amide bonds. The quantitative estimate of drug-likeness (QED) is 0.785. The van der Waals surface area contributed by atoms with Crippen LogP contribution >= 0.6 is 0 Å². The lowest BCUT2D eigenvalue weighted by molar-refractivity contribution is 0.441. The first kappa shape index (κ1) is 11.1. The normalized spacial score (nSPS) is 18.1. The minimum atomic E-state index is -1.50. The zero-order valence-corrected chi connectivity index (χ0v) is 9.08. The minimum absolute atomic E-state index is 0.230. The molecule has 94 valence electrons. The summed E-state index contributed by atoms with van der Waals surface area (Å²) in [6.45, 7) is 0. The Morgan fingerprint density at radius 1 is 1.28 bits per heavy atom. The van der Waals surface area contributed by atoms with E-state index in [4.69, 9.17) is 0 Å². The summed E-state index contributed by atoms with van der Waals surface area (Å²) in [5.41, 5.74) is -0.203. The van der Waals surface area contributed by atoms with Crippen LogP contribution in [0.15, 0.2) is 16.9 Å². The summed E-state index contributed by atoms with van der Waals surface area (Å²) in [6.07, 6.45) is 1.04. The third kappa shape index (κ3) is 1.47. The third-order valence-corrected chi connectivity index (χ3v) is 3.12. The van der Waals surface area contributed by atoms with Crippen molar-refractivity contribution in [3.8, 4) is 0 Å². The fraction of sp³-hybridized carbons (Fsp3) is 0.273. The first-order valence-electron chi connectivity index (χ1n) is 5.38. The molecule has 7 heteroatoms. The van der Waals surface area contributed by atoms with Gasteiger partial charge in [-0.2, -0.15) is 5.10 Å². The summed E-state index contributed by atoms with van der Waals surface area (Å²) in [6, 6.07) is 1.32. The fourth-order valence-corrected chi connectivity index (χ4v) is 2.31. The highest BCUT2D eigenvalue weighted by Crippen LogP contribution is 2.30. The number of aryl methyl sites for hydroxylation is 1. The Balaban J connectivity index is 2.13. The first-order chi connectivity index (χ1) is 8.58. The Morgan fingerprint density at radius 2 is 1.94 bits per heavy atom. The van der Waals surface area contributed by atoms with E-state index in [0.717, 1.165) is 12.1 Å². The Hall–Kier alpha value is -2.05. The number of halogens is 3. The number of nitrogens with zero attached hydrogens (tertiary/aromatic N) is 2. The molecule has 2 heterocycles. The molecule has 0 bridgehead atoms. The van der Waals surface area contributed by atoms with E-state index >= 15 is 0 Å². The van der Waals surface area contributed by atoms with Crippen LogP contribution in [-0.4, -0.2) is 14.8 Å². The van der Waals surface area contributed by atoms with Crippen LogP contribution in [-0.2, 0) is 6.42 Å². The predicted octanol–water partition coefficient (Wildman–Crippen LogP) is 1.52. The van der Waals surface area contributed by atoms with Gasteiger partial charge in [-0.1, -0.05) is 0 Å². The molecule has 1 aromatic carbocycles. The number of nitrogens with one attached hydrogen (secondary N) is 1. The van der Waals surface area contributed by atoms with Gasteiger partial charge < -0.3 is 0 Å². The molecule has 4 nitrogen and oxygen atoms in total. The van der Waals surface area contributed by atoms with Crippen molar-refractivity contribution in [2.45, 2.75) is 18.9 Å². The largest absolute Gasteiger partial charge is 0.343 e. The van der Waals surface area contributed by atoms with E-state index < -0.39 is 29.2 Å². The van der Waals surface area contributed by atoms with Crippen molar-refractivity contribution in [2.24, 2.45) is 0 Å². The molecule has 0 spiro atoms. The van der Waals surface area contributed by atoms with Crippen LogP contribution in [0, 0.1) is 17.5 Å². The highest BCUT2D eigenvalue weighted by molar-refractivity contribution is 5.25. The lowest BCUT2D eigenvalue weighted by Gasteiger charge is -2.12. The molecule has 0 aliphatic carbocycles. The van der Waals surface area contributed by atoms with E-state index in [1.165, 1.54) is 4.57 Å². The molecule has 1 aliphatic heterocycles. The van der Waals surface area contributed by atoms with Crippen molar-refractivity contribution in [2.75, 3.05) is 0 Å². The van der Waals surface area contributed by atoms with Gasteiger partial charge in [-0.05, 0) is 24.1 Å². The Bertz CT molecular complexity index is 653. The molecular weight excluding hydrogens is 247 g/mol. The van der Waals surface area contributed by atoms with Gasteiger partial charge in [0.2, 0.25) is 0 Å². The van der Waals surface area contributed by atoms with Crippen molar-refractivity contribution >= 4 is 0 Å². The van der Waals surface area contributed by atoms with Gasteiger partial charge in [-0.25, -0.2) is 23.1 Å². The molecule has 0 saturated carbocycles. The number of benzene rings is 1. The predicted molar refractivity (Wildman–Crippen MR) is 55.6 cm³/mol. The molecule has 1 aromatic heterocycles. The average Bonchev–Trinajstić information content (AvgIpc) is 2.89. The second-order valence-electron chi connectivity index (χ2n) is 4.17. The van der Waals surface area contributed by atoms with Crippen LogP contribution < -0.4 is 5.69 Å². The van der Waals surface area contributed by atoms with E-state index in [-0.39, 0.29) is 5.56 Å². The number of hydrogen-bond donors (Lipinski definition) is 1. The number of aromatic amines is 1. The van der Waals surface area contributed by atoms with Gasteiger partial charge in [0.05, 0.1) is 6.04 Å². The van der Waals surface area contributed by atoms with Gasteiger partial charge >= 0.3 is 5.69 Å². The highest BCUT2D eigenvalue weighted by Gasteiger charge is 2.28. The Morgan fingerprint density at radius 3 is 2.61 bits per heavy atom.